The molecule has 8 nitrogen and oxygen atoms in total. The molecule has 0 aromatic heterocycles. The summed E-state index contributed by atoms with van der Waals surface area (Å²) < 4.78 is 15.0. The molecule has 0 aliphatic rings. The van der Waals surface area contributed by atoms with Crippen LogP contribution < -0.4 is 10.5 Å². The van der Waals surface area contributed by atoms with Crippen molar-refractivity contribution in [3.63, 3.8) is 0 Å². The Hall–Kier alpha value is -2.19. The molecule has 0 aliphatic carbocycles. The van der Waals surface area contributed by atoms with E-state index in [0.29, 0.717) is 0 Å². The van der Waals surface area contributed by atoms with Gasteiger partial charge in [-0.2, -0.15) is 0 Å². The molecular formula is C11H14N2O6. The molecule has 0 saturated carbocycles. The Morgan fingerprint density at radius 3 is 2.53 bits per heavy atom. The molecule has 19 heavy (non-hydrogen) atoms. The summed E-state index contributed by atoms with van der Waals surface area (Å²) in [4.78, 5) is 21.2. The predicted molar refractivity (Wildman–Crippen MR) is 64.9 cm³/mol. The third kappa shape index (κ3) is 3.90. The SMILES string of the molecule is COC(COc1ccc(C(N)=O)cc1[N+](=O)[O-])OC. The number of nitro groups is 1. The van der Waals surface area contributed by atoms with E-state index in [4.69, 9.17) is 19.9 Å². The zero-order valence-corrected chi connectivity index (χ0v) is 10.5. The topological polar surface area (TPSA) is 114 Å². The molecule has 1 aromatic rings. The molecule has 0 bridgehead atoms. The standard InChI is InChI=1S/C11H14N2O6/c1-17-10(18-2)6-19-9-4-3-7(11(12)14)5-8(9)13(15)16/h3-5,10H,6H2,1-2H3,(H2,12,14). The maximum absolute atomic E-state index is 11.0. The van der Waals surface area contributed by atoms with E-state index in [9.17, 15) is 14.9 Å². The van der Waals surface area contributed by atoms with Crippen molar-refractivity contribution in [3.8, 4) is 5.75 Å². The van der Waals surface area contributed by atoms with Crippen LogP contribution in [0.1, 0.15) is 10.4 Å². The number of amides is 1. The van der Waals surface area contributed by atoms with E-state index in [-0.39, 0.29) is 23.6 Å². The van der Waals surface area contributed by atoms with Crippen LogP contribution in [0.3, 0.4) is 0 Å². The van der Waals surface area contributed by atoms with Crippen LogP contribution in [0.25, 0.3) is 0 Å². The van der Waals surface area contributed by atoms with E-state index >= 15 is 0 Å². The smallest absolute Gasteiger partial charge is 0.311 e. The Bertz CT molecular complexity index is 472. The molecule has 0 fully saturated rings. The molecule has 0 saturated heterocycles. The van der Waals surface area contributed by atoms with Gasteiger partial charge in [0.1, 0.15) is 6.61 Å². The summed E-state index contributed by atoms with van der Waals surface area (Å²) in [5.41, 5.74) is 4.75. The Kier molecular flexibility index (Phi) is 5.22. The van der Waals surface area contributed by atoms with Gasteiger partial charge < -0.3 is 19.9 Å². The second-order valence-electron chi connectivity index (χ2n) is 3.52. The van der Waals surface area contributed by atoms with Crippen LogP contribution in [0.5, 0.6) is 5.75 Å². The highest BCUT2D eigenvalue weighted by Crippen LogP contribution is 2.28. The molecule has 0 aliphatic heterocycles. The van der Waals surface area contributed by atoms with Gasteiger partial charge in [-0.1, -0.05) is 0 Å². The number of carbonyl (C=O) groups excluding carboxylic acids is 1. The number of nitrogens with zero attached hydrogens (tertiary/aromatic N) is 1. The van der Waals surface area contributed by atoms with Gasteiger partial charge in [-0.05, 0) is 12.1 Å². The average molecular weight is 270 g/mol. The first-order chi connectivity index (χ1) is 8.99. The minimum Gasteiger partial charge on any atom is -0.481 e. The summed E-state index contributed by atoms with van der Waals surface area (Å²) in [5.74, 6) is -0.740. The fourth-order valence-electron chi connectivity index (χ4n) is 1.33. The van der Waals surface area contributed by atoms with Crippen molar-refractivity contribution in [2.24, 2.45) is 5.73 Å². The second-order valence-corrected chi connectivity index (χ2v) is 3.52. The van der Waals surface area contributed by atoms with E-state index in [1.807, 2.05) is 0 Å². The Balaban J connectivity index is 2.94. The van der Waals surface area contributed by atoms with E-state index in [1.165, 1.54) is 26.4 Å². The van der Waals surface area contributed by atoms with Gasteiger partial charge in [-0.15, -0.1) is 0 Å². The summed E-state index contributed by atoms with van der Waals surface area (Å²) in [6, 6.07) is 3.71. The van der Waals surface area contributed by atoms with Crippen molar-refractivity contribution in [1.29, 1.82) is 0 Å². The third-order valence-corrected chi connectivity index (χ3v) is 2.34. The average Bonchev–Trinajstić information content (AvgIpc) is 2.39. The van der Waals surface area contributed by atoms with Gasteiger partial charge in [0.15, 0.2) is 12.0 Å². The van der Waals surface area contributed by atoms with Gasteiger partial charge >= 0.3 is 5.69 Å². The molecule has 0 atom stereocenters. The second kappa shape index (κ2) is 6.66. The molecule has 0 heterocycles. The first-order valence-electron chi connectivity index (χ1n) is 5.26. The zero-order valence-electron chi connectivity index (χ0n) is 10.5. The molecule has 104 valence electrons. The van der Waals surface area contributed by atoms with Gasteiger partial charge in [0.25, 0.3) is 0 Å². The van der Waals surface area contributed by atoms with Crippen molar-refractivity contribution in [2.75, 3.05) is 20.8 Å². The van der Waals surface area contributed by atoms with E-state index in [0.717, 1.165) is 6.07 Å². The fourth-order valence-corrected chi connectivity index (χ4v) is 1.33. The predicted octanol–water partition coefficient (Wildman–Crippen LogP) is 0.691. The summed E-state index contributed by atoms with van der Waals surface area (Å²) in [6.07, 6.45) is -0.643. The van der Waals surface area contributed by atoms with Crippen LogP contribution in [0.15, 0.2) is 18.2 Å². The van der Waals surface area contributed by atoms with Gasteiger partial charge in [-0.3, -0.25) is 14.9 Å². The first kappa shape index (κ1) is 14.9. The molecule has 1 aromatic carbocycles. The summed E-state index contributed by atoms with van der Waals surface area (Å²) in [7, 11) is 2.84. The molecule has 1 amide bonds. The summed E-state index contributed by atoms with van der Waals surface area (Å²) in [5, 5.41) is 10.9. The summed E-state index contributed by atoms with van der Waals surface area (Å²) in [6.45, 7) is -0.0240. The molecule has 0 radical (unpaired) electrons. The zero-order chi connectivity index (χ0) is 14.4. The Labute approximate surface area is 109 Å². The minimum atomic E-state index is -0.749. The molecule has 8 heteroatoms. The number of nitrogens with two attached hydrogens (primary N) is 1. The number of hydrogen-bond acceptors (Lipinski definition) is 6. The maximum atomic E-state index is 11.0. The molecule has 1 rings (SSSR count). The van der Waals surface area contributed by atoms with Crippen LogP contribution in [-0.4, -0.2) is 37.9 Å². The largest absolute Gasteiger partial charge is 0.481 e. The highest BCUT2D eigenvalue weighted by atomic mass is 16.7. The van der Waals surface area contributed by atoms with Crippen molar-refractivity contribution >= 4 is 11.6 Å². The first-order valence-corrected chi connectivity index (χ1v) is 5.26. The number of carbonyl (C=O) groups is 1. The number of primary amides is 1. The van der Waals surface area contributed by atoms with Crippen LogP contribution in [-0.2, 0) is 9.47 Å². The highest BCUT2D eigenvalue weighted by Gasteiger charge is 2.19. The van der Waals surface area contributed by atoms with Crippen LogP contribution >= 0.6 is 0 Å². The molecule has 2 N–H and O–H groups in total. The van der Waals surface area contributed by atoms with E-state index in [1.54, 1.807) is 0 Å². The van der Waals surface area contributed by atoms with Gasteiger partial charge in [0.2, 0.25) is 5.91 Å². The number of methoxy groups -OCH3 is 2. The Morgan fingerprint density at radius 2 is 2.05 bits per heavy atom. The maximum Gasteiger partial charge on any atom is 0.311 e. The molecule has 0 unspecified atom stereocenters. The fraction of sp³-hybridized carbons (Fsp3) is 0.364. The van der Waals surface area contributed by atoms with Gasteiger partial charge in [0.05, 0.1) is 4.92 Å². The third-order valence-electron chi connectivity index (χ3n) is 2.34. The number of ether oxygens (including phenoxy) is 3. The van der Waals surface area contributed by atoms with Gasteiger partial charge in [-0.25, -0.2) is 0 Å². The Morgan fingerprint density at radius 1 is 1.42 bits per heavy atom. The van der Waals surface area contributed by atoms with E-state index in [2.05, 4.69) is 0 Å². The number of benzene rings is 1. The highest BCUT2D eigenvalue weighted by molar-refractivity contribution is 5.93. The monoisotopic (exact) mass is 270 g/mol. The van der Waals surface area contributed by atoms with Crippen LogP contribution in [0.4, 0.5) is 5.69 Å². The van der Waals surface area contributed by atoms with Crippen molar-refractivity contribution in [2.45, 2.75) is 6.29 Å². The van der Waals surface area contributed by atoms with Crippen molar-refractivity contribution in [3.05, 3.63) is 33.9 Å². The van der Waals surface area contributed by atoms with E-state index < -0.39 is 17.1 Å². The summed E-state index contributed by atoms with van der Waals surface area (Å²) >= 11 is 0. The normalized spacial score (nSPS) is 10.5. The lowest BCUT2D eigenvalue weighted by Gasteiger charge is -2.14. The van der Waals surface area contributed by atoms with Crippen LogP contribution in [0, 0.1) is 10.1 Å². The number of nitro benzene ring substituents is 1. The van der Waals surface area contributed by atoms with Crippen molar-refractivity contribution in [1.82, 2.24) is 0 Å². The van der Waals surface area contributed by atoms with Gasteiger partial charge in [0, 0.05) is 25.8 Å². The lowest BCUT2D eigenvalue weighted by Crippen LogP contribution is -2.22. The van der Waals surface area contributed by atoms with Crippen LogP contribution in [0.2, 0.25) is 0 Å². The quantitative estimate of drug-likeness (QED) is 0.443. The number of rotatable bonds is 7. The lowest BCUT2D eigenvalue weighted by atomic mass is 10.2. The number of hydrogen-bond donors (Lipinski definition) is 1. The minimum absolute atomic E-state index is 0.00843. The molecular weight excluding hydrogens is 256 g/mol. The molecule has 0 spiro atoms. The lowest BCUT2D eigenvalue weighted by molar-refractivity contribution is -0.386. The van der Waals surface area contributed by atoms with Crippen molar-refractivity contribution < 1.29 is 23.9 Å².